The summed E-state index contributed by atoms with van der Waals surface area (Å²) < 4.78 is 0. The van der Waals surface area contributed by atoms with Crippen LogP contribution in [0.15, 0.2) is 42.5 Å². The summed E-state index contributed by atoms with van der Waals surface area (Å²) in [6.45, 7) is 0.657. The molecule has 1 N–H and O–H groups in total. The van der Waals surface area contributed by atoms with Crippen LogP contribution in [-0.2, 0) is 4.79 Å². The Bertz CT molecular complexity index is 881. The topological polar surface area (TPSA) is 32.3 Å². The molecule has 0 aromatic heterocycles. The molecular weight excluding hydrogens is 439 g/mol. The second-order valence-corrected chi connectivity index (χ2v) is 9.71. The van der Waals surface area contributed by atoms with Gasteiger partial charge >= 0.3 is 0 Å². The Labute approximate surface area is 193 Å². The summed E-state index contributed by atoms with van der Waals surface area (Å²) in [7, 11) is 0. The molecule has 3 nitrogen and oxygen atoms in total. The van der Waals surface area contributed by atoms with Gasteiger partial charge in [0.15, 0.2) is 0 Å². The zero-order valence-corrected chi connectivity index (χ0v) is 19.2. The number of carbonyl (C=O) groups is 1. The molecule has 4 rings (SSSR count). The Morgan fingerprint density at radius 3 is 2.27 bits per heavy atom. The average molecular weight is 466 g/mol. The van der Waals surface area contributed by atoms with Gasteiger partial charge in [-0.3, -0.25) is 4.79 Å². The highest BCUT2D eigenvalue weighted by Gasteiger charge is 2.34. The van der Waals surface area contributed by atoms with E-state index in [0.29, 0.717) is 27.7 Å². The molecule has 1 aliphatic carbocycles. The number of benzene rings is 2. The lowest BCUT2D eigenvalue weighted by molar-refractivity contribution is -0.126. The van der Waals surface area contributed by atoms with E-state index in [9.17, 15) is 4.79 Å². The molecule has 1 saturated carbocycles. The summed E-state index contributed by atoms with van der Waals surface area (Å²) >= 11 is 18.8. The van der Waals surface area contributed by atoms with Crippen molar-refractivity contribution in [2.45, 2.75) is 57.0 Å². The molecule has 1 amide bonds. The van der Waals surface area contributed by atoms with E-state index in [2.05, 4.69) is 10.2 Å². The molecule has 30 heavy (non-hydrogen) atoms. The van der Waals surface area contributed by atoms with E-state index >= 15 is 0 Å². The fourth-order valence-corrected chi connectivity index (χ4v) is 5.42. The molecule has 2 aromatic rings. The van der Waals surface area contributed by atoms with Crippen LogP contribution in [-0.4, -0.2) is 18.5 Å². The van der Waals surface area contributed by atoms with Crippen molar-refractivity contribution in [3.05, 3.63) is 63.1 Å². The van der Waals surface area contributed by atoms with E-state index in [1.165, 1.54) is 19.3 Å². The van der Waals surface area contributed by atoms with Crippen LogP contribution >= 0.6 is 34.8 Å². The monoisotopic (exact) mass is 464 g/mol. The predicted molar refractivity (Wildman–Crippen MR) is 126 cm³/mol. The minimum Gasteiger partial charge on any atom is -0.364 e. The fourth-order valence-electron chi connectivity index (χ4n) is 4.76. The van der Waals surface area contributed by atoms with Crippen molar-refractivity contribution in [1.29, 1.82) is 0 Å². The third-order valence-electron chi connectivity index (χ3n) is 6.38. The van der Waals surface area contributed by atoms with Crippen molar-refractivity contribution in [3.8, 4) is 0 Å². The quantitative estimate of drug-likeness (QED) is 0.524. The molecule has 2 atom stereocenters. The minimum absolute atomic E-state index is 0.0371. The standard InChI is InChI=1S/C24H27Cl3N2O/c25-17-7-10-20(11-8-17)29-15-16(24(30)28-19-4-2-1-3-5-19)6-13-23(29)21-12-9-18(26)14-22(21)27/h7-12,14,16,19,23H,1-6,13,15H2,(H,28,30). The van der Waals surface area contributed by atoms with Crippen LogP contribution in [0, 0.1) is 5.92 Å². The second-order valence-electron chi connectivity index (χ2n) is 8.43. The molecule has 2 fully saturated rings. The molecule has 0 radical (unpaired) electrons. The van der Waals surface area contributed by atoms with Crippen LogP contribution in [0.1, 0.15) is 56.6 Å². The van der Waals surface area contributed by atoms with Crippen LogP contribution in [0.4, 0.5) is 5.69 Å². The van der Waals surface area contributed by atoms with E-state index in [0.717, 1.165) is 36.9 Å². The first-order chi connectivity index (χ1) is 14.5. The predicted octanol–water partition coefficient (Wildman–Crippen LogP) is 7.05. The Kier molecular flexibility index (Phi) is 7.12. The number of hydrogen-bond acceptors (Lipinski definition) is 2. The molecule has 1 aliphatic heterocycles. The van der Waals surface area contributed by atoms with Crippen molar-refractivity contribution in [2.75, 3.05) is 11.4 Å². The van der Waals surface area contributed by atoms with Gasteiger partial charge in [0, 0.05) is 33.3 Å². The first-order valence-corrected chi connectivity index (χ1v) is 11.9. The highest BCUT2D eigenvalue weighted by atomic mass is 35.5. The third kappa shape index (κ3) is 5.07. The van der Waals surface area contributed by atoms with Crippen LogP contribution < -0.4 is 10.2 Å². The Balaban J connectivity index is 1.56. The first kappa shape index (κ1) is 21.8. The van der Waals surface area contributed by atoms with Gasteiger partial charge in [0.2, 0.25) is 5.91 Å². The van der Waals surface area contributed by atoms with E-state index in [-0.39, 0.29) is 17.9 Å². The number of carbonyl (C=O) groups excluding carboxylic acids is 1. The third-order valence-corrected chi connectivity index (χ3v) is 7.20. The molecule has 1 saturated heterocycles. The summed E-state index contributed by atoms with van der Waals surface area (Å²) in [6, 6.07) is 13.9. The van der Waals surface area contributed by atoms with Gasteiger partial charge in [-0.1, -0.05) is 60.1 Å². The molecule has 2 aromatic carbocycles. The largest absolute Gasteiger partial charge is 0.364 e. The summed E-state index contributed by atoms with van der Waals surface area (Å²) in [6.07, 6.45) is 7.60. The first-order valence-electron chi connectivity index (χ1n) is 10.8. The maximum atomic E-state index is 13.0. The van der Waals surface area contributed by atoms with Crippen LogP contribution in [0.2, 0.25) is 15.1 Å². The number of amides is 1. The van der Waals surface area contributed by atoms with Gasteiger partial charge in [0.1, 0.15) is 0 Å². The van der Waals surface area contributed by atoms with Gasteiger partial charge in [-0.05, 0) is 67.6 Å². The summed E-state index contributed by atoms with van der Waals surface area (Å²) in [5, 5.41) is 5.30. The smallest absolute Gasteiger partial charge is 0.225 e. The van der Waals surface area contributed by atoms with Crippen molar-refractivity contribution in [1.82, 2.24) is 5.32 Å². The summed E-state index contributed by atoms with van der Waals surface area (Å²) in [5.74, 6) is 0.145. The van der Waals surface area contributed by atoms with Gasteiger partial charge in [0.05, 0.1) is 12.0 Å². The van der Waals surface area contributed by atoms with Crippen LogP contribution in [0.25, 0.3) is 0 Å². The average Bonchev–Trinajstić information content (AvgIpc) is 2.75. The number of piperidine rings is 1. The number of halogens is 3. The van der Waals surface area contributed by atoms with Gasteiger partial charge in [-0.25, -0.2) is 0 Å². The van der Waals surface area contributed by atoms with Gasteiger partial charge in [-0.2, -0.15) is 0 Å². The fraction of sp³-hybridized carbons (Fsp3) is 0.458. The molecule has 0 spiro atoms. The highest BCUT2D eigenvalue weighted by Crippen LogP contribution is 2.40. The second kappa shape index (κ2) is 9.80. The summed E-state index contributed by atoms with van der Waals surface area (Å²) in [5.41, 5.74) is 2.09. The number of nitrogens with zero attached hydrogens (tertiary/aromatic N) is 1. The van der Waals surface area contributed by atoms with Crippen LogP contribution in [0.5, 0.6) is 0 Å². The van der Waals surface area contributed by atoms with Gasteiger partial charge in [-0.15, -0.1) is 0 Å². The van der Waals surface area contributed by atoms with Crippen molar-refractivity contribution in [3.63, 3.8) is 0 Å². The van der Waals surface area contributed by atoms with E-state index in [1.807, 2.05) is 36.4 Å². The normalized spacial score (nSPS) is 22.7. The van der Waals surface area contributed by atoms with Crippen LogP contribution in [0.3, 0.4) is 0 Å². The lowest BCUT2D eigenvalue weighted by atomic mass is 9.87. The zero-order valence-electron chi connectivity index (χ0n) is 16.9. The Morgan fingerprint density at radius 1 is 0.867 bits per heavy atom. The Morgan fingerprint density at radius 2 is 1.57 bits per heavy atom. The molecule has 6 heteroatoms. The maximum absolute atomic E-state index is 13.0. The Hall–Kier alpha value is -1.42. The summed E-state index contributed by atoms with van der Waals surface area (Å²) in [4.78, 5) is 15.3. The minimum atomic E-state index is -0.0371. The van der Waals surface area contributed by atoms with E-state index in [4.69, 9.17) is 34.8 Å². The SMILES string of the molecule is O=C(NC1CCCCC1)C1CCC(c2ccc(Cl)cc2Cl)N(c2ccc(Cl)cc2)C1. The molecule has 160 valence electrons. The van der Waals surface area contributed by atoms with Crippen molar-refractivity contribution in [2.24, 2.45) is 5.92 Å². The molecular formula is C24H27Cl3N2O. The lowest BCUT2D eigenvalue weighted by Gasteiger charge is -2.42. The maximum Gasteiger partial charge on any atom is 0.225 e. The number of hydrogen-bond donors (Lipinski definition) is 1. The zero-order chi connectivity index (χ0) is 21.1. The van der Waals surface area contributed by atoms with Gasteiger partial charge < -0.3 is 10.2 Å². The number of rotatable bonds is 4. The number of nitrogens with one attached hydrogen (secondary N) is 1. The molecule has 1 heterocycles. The van der Waals surface area contributed by atoms with E-state index < -0.39 is 0 Å². The lowest BCUT2D eigenvalue weighted by Crippen LogP contribution is -2.47. The van der Waals surface area contributed by atoms with Crippen molar-refractivity contribution < 1.29 is 4.79 Å². The van der Waals surface area contributed by atoms with Gasteiger partial charge in [0.25, 0.3) is 0 Å². The molecule has 2 unspecified atom stereocenters. The number of anilines is 1. The molecule has 0 bridgehead atoms. The molecule has 2 aliphatic rings. The van der Waals surface area contributed by atoms with E-state index in [1.54, 1.807) is 6.07 Å². The highest BCUT2D eigenvalue weighted by molar-refractivity contribution is 6.35. The van der Waals surface area contributed by atoms with Crippen molar-refractivity contribution >= 4 is 46.4 Å².